The Kier molecular flexibility index (Phi) is 5.31. The number of rotatable bonds is 5. The number of nitro benzene ring substituents is 1. The molecule has 2 fully saturated rings. The van der Waals surface area contributed by atoms with Gasteiger partial charge in [-0.2, -0.15) is 0 Å². The molecule has 4 heterocycles. The van der Waals surface area contributed by atoms with Crippen molar-refractivity contribution in [2.24, 2.45) is 5.92 Å². The van der Waals surface area contributed by atoms with Gasteiger partial charge in [-0.15, -0.1) is 11.8 Å². The highest BCUT2D eigenvalue weighted by Crippen LogP contribution is 2.61. The number of ether oxygens (including phenoxy) is 1. The average molecular weight is 503 g/mol. The van der Waals surface area contributed by atoms with E-state index in [9.17, 15) is 19.7 Å². The minimum Gasteiger partial charge on any atom is -0.497 e. The van der Waals surface area contributed by atoms with Crippen molar-refractivity contribution in [3.05, 3.63) is 93.8 Å². The van der Waals surface area contributed by atoms with Crippen molar-refractivity contribution in [2.45, 2.75) is 17.5 Å². The van der Waals surface area contributed by atoms with E-state index in [1.165, 1.54) is 18.3 Å². The van der Waals surface area contributed by atoms with Crippen molar-refractivity contribution in [1.82, 2.24) is 9.88 Å². The van der Waals surface area contributed by atoms with Gasteiger partial charge >= 0.3 is 0 Å². The molecule has 182 valence electrons. The zero-order valence-electron chi connectivity index (χ0n) is 19.3. The number of hydrogen-bond donors (Lipinski definition) is 1. The minimum atomic E-state index is -1.25. The molecule has 36 heavy (non-hydrogen) atoms. The third-order valence-electron chi connectivity index (χ3n) is 7.55. The Labute approximate surface area is 211 Å². The molecule has 0 unspecified atom stereocenters. The first kappa shape index (κ1) is 22.7. The highest BCUT2D eigenvalue weighted by atomic mass is 32.2. The molecular weight excluding hydrogens is 480 g/mol. The summed E-state index contributed by atoms with van der Waals surface area (Å²) < 4.78 is 5.49. The second-order valence-corrected chi connectivity index (χ2v) is 10.1. The summed E-state index contributed by atoms with van der Waals surface area (Å²) in [6, 6.07) is 15.1. The van der Waals surface area contributed by atoms with Gasteiger partial charge in [0.15, 0.2) is 5.78 Å². The van der Waals surface area contributed by atoms with Gasteiger partial charge in [-0.25, -0.2) is 0 Å². The molecule has 1 spiro atoms. The van der Waals surface area contributed by atoms with Crippen molar-refractivity contribution >= 4 is 34.8 Å². The summed E-state index contributed by atoms with van der Waals surface area (Å²) >= 11 is 1.71. The zero-order chi connectivity index (χ0) is 25.0. The van der Waals surface area contributed by atoms with E-state index in [1.54, 1.807) is 55.4 Å². The number of nitro groups is 1. The van der Waals surface area contributed by atoms with Crippen molar-refractivity contribution in [3.8, 4) is 5.75 Å². The number of Topliss-reactive ketones (excluding diaryl/α,β-unsaturated/α-hetero) is 1. The first-order valence-electron chi connectivity index (χ1n) is 11.5. The van der Waals surface area contributed by atoms with Crippen molar-refractivity contribution in [1.29, 1.82) is 0 Å². The minimum absolute atomic E-state index is 0.0204. The first-order chi connectivity index (χ1) is 17.5. The third-order valence-corrected chi connectivity index (χ3v) is 8.58. The molecule has 2 saturated heterocycles. The number of pyridine rings is 1. The zero-order valence-corrected chi connectivity index (χ0v) is 20.1. The summed E-state index contributed by atoms with van der Waals surface area (Å²) in [7, 11) is 1.57. The van der Waals surface area contributed by atoms with Crippen LogP contribution < -0.4 is 10.1 Å². The molecule has 3 aliphatic heterocycles. The Morgan fingerprint density at radius 3 is 2.75 bits per heavy atom. The fraction of sp³-hybridized carbons (Fsp3) is 0.269. The van der Waals surface area contributed by atoms with E-state index in [0.717, 1.165) is 11.3 Å². The fourth-order valence-corrected chi connectivity index (χ4v) is 7.39. The van der Waals surface area contributed by atoms with Crippen LogP contribution in [0.5, 0.6) is 5.75 Å². The lowest BCUT2D eigenvalue weighted by Crippen LogP contribution is -2.52. The number of hydrogen-bond acceptors (Lipinski definition) is 8. The van der Waals surface area contributed by atoms with Crippen LogP contribution in [0.2, 0.25) is 0 Å². The van der Waals surface area contributed by atoms with Gasteiger partial charge in [0.05, 0.1) is 18.0 Å². The Hall–Kier alpha value is -3.76. The molecule has 0 radical (unpaired) electrons. The van der Waals surface area contributed by atoms with Gasteiger partial charge in [-0.1, -0.05) is 12.1 Å². The predicted molar refractivity (Wildman–Crippen MR) is 134 cm³/mol. The van der Waals surface area contributed by atoms with Gasteiger partial charge < -0.3 is 10.1 Å². The number of benzene rings is 2. The van der Waals surface area contributed by atoms with E-state index in [1.807, 2.05) is 12.1 Å². The maximum atomic E-state index is 14.3. The van der Waals surface area contributed by atoms with Crippen LogP contribution in [0.1, 0.15) is 27.4 Å². The molecule has 4 atom stereocenters. The van der Waals surface area contributed by atoms with E-state index >= 15 is 0 Å². The van der Waals surface area contributed by atoms with Crippen LogP contribution in [0.3, 0.4) is 0 Å². The quantitative estimate of drug-likeness (QED) is 0.318. The van der Waals surface area contributed by atoms with Crippen LogP contribution in [-0.4, -0.2) is 51.3 Å². The van der Waals surface area contributed by atoms with Gasteiger partial charge in [0, 0.05) is 64.9 Å². The van der Waals surface area contributed by atoms with Gasteiger partial charge in [0.2, 0.25) is 5.91 Å². The summed E-state index contributed by atoms with van der Waals surface area (Å²) in [5.41, 5.74) is 1.31. The predicted octanol–water partition coefficient (Wildman–Crippen LogP) is 3.82. The Morgan fingerprint density at radius 2 is 2.06 bits per heavy atom. The number of carbonyl (C=O) groups excluding carboxylic acids is 2. The van der Waals surface area contributed by atoms with Gasteiger partial charge in [-0.05, 0) is 35.9 Å². The van der Waals surface area contributed by atoms with E-state index in [-0.39, 0.29) is 29.3 Å². The standard InChI is InChI=1S/C26H22N4O5S/c1-35-18-8-9-20-19(11-18)26(25(32)28-20)23(24(31)16-3-2-10-27-12-16)22(21-13-36-14-29(21)26)15-4-6-17(7-5-15)30(33)34/h2-12,21-23H,13-14H2,1H3,(H,28,32)/t21-,22+,23-,26+/m0/s1. The number of carbonyl (C=O) groups is 2. The molecule has 10 heteroatoms. The molecule has 1 aromatic heterocycles. The third kappa shape index (κ3) is 3.11. The molecule has 1 amide bonds. The van der Waals surface area contributed by atoms with Gasteiger partial charge in [-0.3, -0.25) is 29.6 Å². The van der Waals surface area contributed by atoms with Gasteiger partial charge in [0.1, 0.15) is 11.3 Å². The second-order valence-electron chi connectivity index (χ2n) is 9.13. The van der Waals surface area contributed by atoms with Crippen LogP contribution in [0.25, 0.3) is 0 Å². The van der Waals surface area contributed by atoms with Crippen LogP contribution in [0.4, 0.5) is 11.4 Å². The van der Waals surface area contributed by atoms with Crippen LogP contribution in [0, 0.1) is 16.0 Å². The second kappa shape index (κ2) is 8.42. The normalized spacial score (nSPS) is 26.5. The molecule has 6 rings (SSSR count). The summed E-state index contributed by atoms with van der Waals surface area (Å²) in [6.07, 6.45) is 3.13. The van der Waals surface area contributed by atoms with Crippen molar-refractivity contribution in [3.63, 3.8) is 0 Å². The molecule has 2 aromatic carbocycles. The number of ketones is 1. The molecule has 3 aromatic rings. The average Bonchev–Trinajstić information content (AvgIpc) is 3.57. The smallest absolute Gasteiger partial charge is 0.269 e. The van der Waals surface area contributed by atoms with E-state index in [4.69, 9.17) is 4.74 Å². The molecule has 3 aliphatic rings. The SMILES string of the molecule is COc1ccc2c(c1)[C@]1(C(=O)N2)[C@H](C(=O)c2cccnc2)[C@H](c2ccc([N+](=O)[O-])cc2)[C@@H]2CSCN21. The van der Waals surface area contributed by atoms with Gasteiger partial charge in [0.25, 0.3) is 5.69 Å². The van der Waals surface area contributed by atoms with E-state index < -0.39 is 16.4 Å². The fourth-order valence-electron chi connectivity index (χ4n) is 6.06. The number of anilines is 1. The lowest BCUT2D eigenvalue weighted by molar-refractivity contribution is -0.384. The van der Waals surface area contributed by atoms with Crippen molar-refractivity contribution < 1.29 is 19.2 Å². The monoisotopic (exact) mass is 502 g/mol. The van der Waals surface area contributed by atoms with Crippen LogP contribution >= 0.6 is 11.8 Å². The number of amides is 1. The Bertz CT molecular complexity index is 1380. The topological polar surface area (TPSA) is 115 Å². The summed E-state index contributed by atoms with van der Waals surface area (Å²) in [4.78, 5) is 45.5. The number of methoxy groups -OCH3 is 1. The number of thioether (sulfide) groups is 1. The van der Waals surface area contributed by atoms with Crippen LogP contribution in [0.15, 0.2) is 67.0 Å². The Balaban J connectivity index is 1.60. The molecule has 1 N–H and O–H groups in total. The highest BCUT2D eigenvalue weighted by molar-refractivity contribution is 7.99. The molecule has 0 aliphatic carbocycles. The summed E-state index contributed by atoms with van der Waals surface area (Å²) in [6.45, 7) is 0. The Morgan fingerprint density at radius 1 is 1.25 bits per heavy atom. The van der Waals surface area contributed by atoms with E-state index in [0.29, 0.717) is 28.4 Å². The highest BCUT2D eigenvalue weighted by Gasteiger charge is 2.69. The largest absolute Gasteiger partial charge is 0.497 e. The maximum absolute atomic E-state index is 14.3. The molecule has 0 bridgehead atoms. The molecule has 9 nitrogen and oxygen atoms in total. The number of non-ortho nitro benzene ring substituents is 1. The lowest BCUT2D eigenvalue weighted by Gasteiger charge is -2.36. The molecule has 0 saturated carbocycles. The van der Waals surface area contributed by atoms with Crippen LogP contribution in [-0.2, 0) is 10.3 Å². The summed E-state index contributed by atoms with van der Waals surface area (Å²) in [5.74, 6) is 0.335. The first-order valence-corrected chi connectivity index (χ1v) is 12.7. The maximum Gasteiger partial charge on any atom is 0.269 e. The molecular formula is C26H22N4O5S. The lowest BCUT2D eigenvalue weighted by atomic mass is 9.69. The number of aromatic nitrogens is 1. The summed E-state index contributed by atoms with van der Waals surface area (Å²) in [5, 5.41) is 14.3. The number of nitrogens with one attached hydrogen (secondary N) is 1. The number of fused-ring (bicyclic) bond motifs is 4. The van der Waals surface area contributed by atoms with E-state index in [2.05, 4.69) is 15.2 Å². The number of nitrogens with zero attached hydrogens (tertiary/aromatic N) is 3. The van der Waals surface area contributed by atoms with Crippen molar-refractivity contribution in [2.75, 3.05) is 24.1 Å².